The molecule has 0 fully saturated rings. The van der Waals surface area contributed by atoms with Crippen LogP contribution in [0.25, 0.3) is 0 Å². The molecule has 1 rings (SSSR count). The number of rotatable bonds is 10. The third kappa shape index (κ3) is 11.3. The van der Waals surface area contributed by atoms with Crippen LogP contribution in [0.1, 0.15) is 45.7 Å². The minimum absolute atomic E-state index is 0. The van der Waals surface area contributed by atoms with E-state index in [2.05, 4.69) is 36.1 Å². The molecule has 1 atom stereocenters. The molecule has 1 amide bonds. The van der Waals surface area contributed by atoms with Crippen LogP contribution in [-0.4, -0.2) is 47.9 Å². The lowest BCUT2D eigenvalue weighted by Gasteiger charge is -2.17. The first-order chi connectivity index (χ1) is 11.9. The molecule has 1 aromatic heterocycles. The van der Waals surface area contributed by atoms with Crippen LogP contribution in [0.5, 0.6) is 0 Å². The van der Waals surface area contributed by atoms with Gasteiger partial charge in [-0.25, -0.2) is 4.99 Å². The van der Waals surface area contributed by atoms with Gasteiger partial charge in [0.1, 0.15) is 6.54 Å². The fraction of sp³-hybridized carbons (Fsp3) is 0.632. The number of halogens is 1. The molecule has 0 saturated heterocycles. The topological polar surface area (TPSA) is 83.6 Å². The van der Waals surface area contributed by atoms with Gasteiger partial charge in [-0.3, -0.25) is 9.78 Å². The van der Waals surface area contributed by atoms with Gasteiger partial charge in [-0.2, -0.15) is 0 Å². The van der Waals surface area contributed by atoms with Gasteiger partial charge in [0.15, 0.2) is 5.96 Å². The van der Waals surface area contributed by atoms with Crippen LogP contribution >= 0.6 is 24.0 Å². The summed E-state index contributed by atoms with van der Waals surface area (Å²) >= 11 is 0. The van der Waals surface area contributed by atoms with Crippen LogP contribution < -0.4 is 11.1 Å². The fourth-order valence-corrected chi connectivity index (χ4v) is 2.43. The molecular formula is C19H34IN5O. The predicted octanol–water partition coefficient (Wildman–Crippen LogP) is 2.82. The quantitative estimate of drug-likeness (QED) is 0.310. The summed E-state index contributed by atoms with van der Waals surface area (Å²) in [5.74, 6) is 1.01. The van der Waals surface area contributed by atoms with E-state index in [1.807, 2.05) is 18.2 Å². The number of aliphatic imine (C=N–C) groups is 1. The maximum atomic E-state index is 12.1. The molecule has 6 nitrogen and oxygen atoms in total. The molecule has 148 valence electrons. The lowest BCUT2D eigenvalue weighted by Crippen LogP contribution is -2.39. The van der Waals surface area contributed by atoms with Crippen LogP contribution in [0.15, 0.2) is 29.4 Å². The molecular weight excluding hydrogens is 441 g/mol. The second kappa shape index (κ2) is 13.8. The molecule has 0 radical (unpaired) electrons. The number of nitrogens with two attached hydrogens (primary N) is 1. The molecule has 0 aliphatic rings. The Morgan fingerprint density at radius 3 is 2.65 bits per heavy atom. The van der Waals surface area contributed by atoms with Crippen molar-refractivity contribution in [3.63, 3.8) is 0 Å². The number of nitrogens with one attached hydrogen (secondary N) is 1. The highest BCUT2D eigenvalue weighted by atomic mass is 127. The number of carbonyl (C=O) groups is 1. The summed E-state index contributed by atoms with van der Waals surface area (Å²) in [4.78, 5) is 22.2. The molecule has 1 heterocycles. The summed E-state index contributed by atoms with van der Waals surface area (Å²) in [6.07, 6.45) is 5.91. The van der Waals surface area contributed by atoms with E-state index in [0.717, 1.165) is 30.9 Å². The van der Waals surface area contributed by atoms with Crippen molar-refractivity contribution < 1.29 is 4.79 Å². The van der Waals surface area contributed by atoms with Crippen molar-refractivity contribution in [1.82, 2.24) is 15.2 Å². The largest absolute Gasteiger partial charge is 0.370 e. The molecule has 0 aliphatic heterocycles. The summed E-state index contributed by atoms with van der Waals surface area (Å²) in [5.41, 5.74) is 6.85. The van der Waals surface area contributed by atoms with Crippen molar-refractivity contribution in [1.29, 1.82) is 0 Å². The van der Waals surface area contributed by atoms with Crippen LogP contribution in [0.4, 0.5) is 0 Å². The summed E-state index contributed by atoms with van der Waals surface area (Å²) in [7, 11) is 1.78. The zero-order chi connectivity index (χ0) is 18.7. The smallest absolute Gasteiger partial charge is 0.244 e. The monoisotopic (exact) mass is 475 g/mol. The number of likely N-dealkylation sites (N-methyl/N-ethyl adjacent to an activating group) is 1. The number of guanidine groups is 1. The van der Waals surface area contributed by atoms with Gasteiger partial charge in [0.2, 0.25) is 5.91 Å². The van der Waals surface area contributed by atoms with Crippen molar-refractivity contribution in [2.45, 2.75) is 52.5 Å². The van der Waals surface area contributed by atoms with Crippen molar-refractivity contribution in [2.24, 2.45) is 16.6 Å². The number of hydrogen-bond donors (Lipinski definition) is 2. The Bertz CT molecular complexity index is 536. The van der Waals surface area contributed by atoms with Gasteiger partial charge >= 0.3 is 0 Å². The van der Waals surface area contributed by atoms with Crippen LogP contribution in [0.3, 0.4) is 0 Å². The van der Waals surface area contributed by atoms with E-state index in [-0.39, 0.29) is 42.5 Å². The van der Waals surface area contributed by atoms with Gasteiger partial charge in [0, 0.05) is 37.9 Å². The average molecular weight is 475 g/mol. The Morgan fingerprint density at radius 1 is 1.31 bits per heavy atom. The summed E-state index contributed by atoms with van der Waals surface area (Å²) in [6, 6.07) is 6.05. The SMILES string of the molecule is CC(C)CCCC(C)NC(N)=NCC(=O)N(C)CCc1ccccn1.I. The number of carbonyl (C=O) groups excluding carboxylic acids is 1. The van der Waals surface area contributed by atoms with Crippen molar-refractivity contribution in [3.05, 3.63) is 30.1 Å². The number of hydrogen-bond acceptors (Lipinski definition) is 3. The Kier molecular flexibility index (Phi) is 13.0. The summed E-state index contributed by atoms with van der Waals surface area (Å²) < 4.78 is 0. The maximum Gasteiger partial charge on any atom is 0.244 e. The molecule has 26 heavy (non-hydrogen) atoms. The summed E-state index contributed by atoms with van der Waals surface area (Å²) in [5, 5.41) is 3.15. The Labute approximate surface area is 175 Å². The Balaban J connectivity index is 0.00000625. The van der Waals surface area contributed by atoms with E-state index in [1.165, 1.54) is 6.42 Å². The van der Waals surface area contributed by atoms with Crippen molar-refractivity contribution in [3.8, 4) is 0 Å². The lowest BCUT2D eigenvalue weighted by molar-refractivity contribution is -0.128. The first-order valence-corrected chi connectivity index (χ1v) is 9.08. The second-order valence-corrected chi connectivity index (χ2v) is 6.96. The first-order valence-electron chi connectivity index (χ1n) is 9.08. The van der Waals surface area contributed by atoms with E-state index in [9.17, 15) is 4.79 Å². The standard InChI is InChI=1S/C19H33N5O.HI/c1-15(2)8-7-9-16(3)23-19(20)22-14-18(25)24(4)13-11-17-10-5-6-12-21-17;/h5-6,10,12,15-16H,7-9,11,13-14H2,1-4H3,(H3,20,22,23);1H. The van der Waals surface area contributed by atoms with Gasteiger partial charge < -0.3 is 16.0 Å². The Hall–Kier alpha value is -1.38. The second-order valence-electron chi connectivity index (χ2n) is 6.96. The highest BCUT2D eigenvalue weighted by molar-refractivity contribution is 14.0. The van der Waals surface area contributed by atoms with Gasteiger partial charge in [0.25, 0.3) is 0 Å². The van der Waals surface area contributed by atoms with Gasteiger partial charge in [-0.15, -0.1) is 24.0 Å². The molecule has 7 heteroatoms. The van der Waals surface area contributed by atoms with E-state index in [0.29, 0.717) is 12.5 Å². The first kappa shape index (κ1) is 24.6. The van der Waals surface area contributed by atoms with Crippen molar-refractivity contribution in [2.75, 3.05) is 20.1 Å². The molecule has 3 N–H and O–H groups in total. The summed E-state index contributed by atoms with van der Waals surface area (Å²) in [6.45, 7) is 7.22. The fourth-order valence-electron chi connectivity index (χ4n) is 2.43. The third-order valence-electron chi connectivity index (χ3n) is 4.05. The number of nitrogens with zero attached hydrogens (tertiary/aromatic N) is 3. The maximum absolute atomic E-state index is 12.1. The molecule has 0 bridgehead atoms. The van der Waals surface area contributed by atoms with Gasteiger partial charge in [-0.1, -0.05) is 32.8 Å². The number of aromatic nitrogens is 1. The molecule has 0 saturated carbocycles. The zero-order valence-electron chi connectivity index (χ0n) is 16.4. The minimum Gasteiger partial charge on any atom is -0.370 e. The number of pyridine rings is 1. The van der Waals surface area contributed by atoms with Crippen LogP contribution in [0, 0.1) is 5.92 Å². The van der Waals surface area contributed by atoms with Crippen LogP contribution in [-0.2, 0) is 11.2 Å². The molecule has 0 aliphatic carbocycles. The van der Waals surface area contributed by atoms with Crippen molar-refractivity contribution >= 4 is 35.8 Å². The third-order valence-corrected chi connectivity index (χ3v) is 4.05. The Morgan fingerprint density at radius 2 is 2.04 bits per heavy atom. The minimum atomic E-state index is -0.0480. The van der Waals surface area contributed by atoms with Gasteiger partial charge in [-0.05, 0) is 31.4 Å². The van der Waals surface area contributed by atoms with Crippen LogP contribution in [0.2, 0.25) is 0 Å². The zero-order valence-corrected chi connectivity index (χ0v) is 18.8. The normalized spacial score (nSPS) is 12.4. The average Bonchev–Trinajstić information content (AvgIpc) is 2.58. The lowest BCUT2D eigenvalue weighted by atomic mass is 10.0. The molecule has 1 aromatic rings. The van der Waals surface area contributed by atoms with E-state index in [1.54, 1.807) is 18.1 Å². The highest BCUT2D eigenvalue weighted by Crippen LogP contribution is 2.08. The van der Waals surface area contributed by atoms with E-state index < -0.39 is 0 Å². The molecule has 0 spiro atoms. The number of amides is 1. The van der Waals surface area contributed by atoms with Gasteiger partial charge in [0.05, 0.1) is 0 Å². The molecule has 0 aromatic carbocycles. The van der Waals surface area contributed by atoms with E-state index >= 15 is 0 Å². The molecule has 1 unspecified atom stereocenters. The highest BCUT2D eigenvalue weighted by Gasteiger charge is 2.09. The van der Waals surface area contributed by atoms with E-state index in [4.69, 9.17) is 5.73 Å². The predicted molar refractivity (Wildman–Crippen MR) is 119 cm³/mol.